The van der Waals surface area contributed by atoms with Crippen LogP contribution >= 0.6 is 0 Å². The van der Waals surface area contributed by atoms with Crippen LogP contribution in [0.4, 0.5) is 0 Å². The molecule has 0 atom stereocenters. The zero-order chi connectivity index (χ0) is 45.5. The van der Waals surface area contributed by atoms with E-state index < -0.39 is 5.41 Å². The molecule has 0 nitrogen and oxygen atoms in total. The monoisotopic (exact) mass is 872 g/mol. The minimum Gasteiger partial charge on any atom is -0.0622 e. The average molecular weight is 873 g/mol. The Morgan fingerprint density at radius 1 is 0.174 bits per heavy atom. The molecular formula is C69H44. The molecule has 0 saturated heterocycles. The molecule has 0 unspecified atom stereocenters. The smallest absolute Gasteiger partial charge is 0.0622 e. The Balaban J connectivity index is 1.03. The van der Waals surface area contributed by atoms with Crippen LogP contribution in [0.15, 0.2) is 267 Å². The zero-order valence-electron chi connectivity index (χ0n) is 37.9. The molecule has 69 heavy (non-hydrogen) atoms. The summed E-state index contributed by atoms with van der Waals surface area (Å²) in [5.74, 6) is 0. The van der Waals surface area contributed by atoms with Crippen LogP contribution in [0.3, 0.4) is 0 Å². The van der Waals surface area contributed by atoms with Gasteiger partial charge in [0.15, 0.2) is 0 Å². The van der Waals surface area contributed by atoms with Crippen molar-refractivity contribution in [1.29, 1.82) is 0 Å². The van der Waals surface area contributed by atoms with Crippen LogP contribution in [0.5, 0.6) is 0 Å². The standard InChI is InChI=1S/C69H44/c1-4-20-45(21-5-1)48-36-38-56-57-39-37-49(44-66(57)69(65(56)43-48)63-34-18-16-27-54(63)55-28-17-19-35-64(55)69)51-40-50(46-22-6-2-7-23-46)41-52(42-51)67-59-30-12-14-32-61(59)68(62-33-15-13-31-60(62)67)58-29-11-10-26-53(58)47-24-8-3-9-25-47/h1-44H. The highest BCUT2D eigenvalue weighted by atomic mass is 14.5. The van der Waals surface area contributed by atoms with Gasteiger partial charge in [0.05, 0.1) is 5.41 Å². The highest BCUT2D eigenvalue weighted by Gasteiger charge is 2.51. The Morgan fingerprint density at radius 2 is 0.522 bits per heavy atom. The maximum absolute atomic E-state index is 2.53. The van der Waals surface area contributed by atoms with Crippen molar-refractivity contribution in [3.05, 3.63) is 289 Å². The molecule has 1 spiro atoms. The Labute approximate surface area is 403 Å². The van der Waals surface area contributed by atoms with E-state index in [9.17, 15) is 0 Å². The van der Waals surface area contributed by atoms with E-state index in [1.807, 2.05) is 0 Å². The normalized spacial score (nSPS) is 12.8. The number of rotatable bonds is 6. The third-order valence-electron chi connectivity index (χ3n) is 15.1. The highest BCUT2D eigenvalue weighted by Crippen LogP contribution is 2.63. The molecule has 320 valence electrons. The lowest BCUT2D eigenvalue weighted by Crippen LogP contribution is -2.26. The van der Waals surface area contributed by atoms with Crippen LogP contribution in [-0.4, -0.2) is 0 Å². The molecular weight excluding hydrogens is 829 g/mol. The minimum absolute atomic E-state index is 0.489. The van der Waals surface area contributed by atoms with Crippen LogP contribution in [0.25, 0.3) is 111 Å². The largest absolute Gasteiger partial charge is 0.0725 e. The van der Waals surface area contributed by atoms with Gasteiger partial charge in [0, 0.05) is 0 Å². The Morgan fingerprint density at radius 3 is 1.04 bits per heavy atom. The van der Waals surface area contributed by atoms with E-state index in [2.05, 4.69) is 267 Å². The van der Waals surface area contributed by atoms with E-state index in [-0.39, 0.29) is 0 Å². The molecule has 0 heterocycles. The van der Waals surface area contributed by atoms with Crippen molar-refractivity contribution >= 4 is 21.5 Å². The van der Waals surface area contributed by atoms with Gasteiger partial charge in [0.25, 0.3) is 0 Å². The third-order valence-corrected chi connectivity index (χ3v) is 15.1. The molecule has 2 aliphatic rings. The molecule has 0 amide bonds. The van der Waals surface area contributed by atoms with Crippen molar-refractivity contribution in [2.45, 2.75) is 5.41 Å². The molecule has 0 saturated carbocycles. The molecule has 12 aromatic rings. The SMILES string of the molecule is c1ccc(-c2cc(-c3ccc4c(c3)C3(c5ccccc5-c5ccccc53)c3cc(-c5ccccc5)ccc3-4)cc(-c3c4ccccc4c(-c4ccccc4-c4ccccc4)c4ccccc34)c2)cc1. The summed E-state index contributed by atoms with van der Waals surface area (Å²) in [5.41, 5.74) is 24.7. The first-order chi connectivity index (χ1) is 34.2. The summed E-state index contributed by atoms with van der Waals surface area (Å²) in [6.45, 7) is 0. The molecule has 0 heteroatoms. The topological polar surface area (TPSA) is 0 Å². The van der Waals surface area contributed by atoms with Crippen molar-refractivity contribution in [2.24, 2.45) is 0 Å². The Kier molecular flexibility index (Phi) is 8.91. The van der Waals surface area contributed by atoms with E-state index in [0.717, 1.165) is 0 Å². The predicted octanol–water partition coefficient (Wildman–Crippen LogP) is 18.3. The van der Waals surface area contributed by atoms with E-state index in [4.69, 9.17) is 0 Å². The lowest BCUT2D eigenvalue weighted by molar-refractivity contribution is 0.794. The summed E-state index contributed by atoms with van der Waals surface area (Å²) in [5, 5.41) is 4.96. The molecule has 14 rings (SSSR count). The van der Waals surface area contributed by atoms with Crippen LogP contribution in [0.1, 0.15) is 22.3 Å². The average Bonchev–Trinajstić information content (AvgIpc) is 3.89. The number of hydrogen-bond donors (Lipinski definition) is 0. The third kappa shape index (κ3) is 5.96. The highest BCUT2D eigenvalue weighted by molar-refractivity contribution is 6.22. The van der Waals surface area contributed by atoms with Crippen molar-refractivity contribution in [3.8, 4) is 89.0 Å². The van der Waals surface area contributed by atoms with Crippen molar-refractivity contribution in [1.82, 2.24) is 0 Å². The molecule has 0 aliphatic heterocycles. The second-order valence-corrected chi connectivity index (χ2v) is 18.6. The van der Waals surface area contributed by atoms with Gasteiger partial charge in [0.1, 0.15) is 0 Å². The molecule has 2 aliphatic carbocycles. The van der Waals surface area contributed by atoms with E-state index in [0.29, 0.717) is 0 Å². The van der Waals surface area contributed by atoms with Gasteiger partial charge in [-0.1, -0.05) is 237 Å². The fourth-order valence-corrected chi connectivity index (χ4v) is 12.2. The molecule has 0 aromatic heterocycles. The summed E-state index contributed by atoms with van der Waals surface area (Å²) in [6.07, 6.45) is 0. The quantitative estimate of drug-likeness (QED) is 0.146. The minimum atomic E-state index is -0.489. The molecule has 0 bridgehead atoms. The van der Waals surface area contributed by atoms with Crippen LogP contribution in [-0.2, 0) is 5.41 Å². The number of benzene rings is 12. The molecule has 12 aromatic carbocycles. The Bertz CT molecular complexity index is 3890. The van der Waals surface area contributed by atoms with Crippen molar-refractivity contribution < 1.29 is 0 Å². The van der Waals surface area contributed by atoms with E-state index >= 15 is 0 Å². The van der Waals surface area contributed by atoms with Crippen molar-refractivity contribution in [3.63, 3.8) is 0 Å². The second kappa shape index (κ2) is 15.6. The Hall–Kier alpha value is -8.84. The predicted molar refractivity (Wildman–Crippen MR) is 290 cm³/mol. The van der Waals surface area contributed by atoms with Gasteiger partial charge in [-0.25, -0.2) is 0 Å². The van der Waals surface area contributed by atoms with Gasteiger partial charge in [-0.15, -0.1) is 0 Å². The second-order valence-electron chi connectivity index (χ2n) is 18.6. The summed E-state index contributed by atoms with van der Waals surface area (Å²) in [7, 11) is 0. The maximum atomic E-state index is 2.53. The summed E-state index contributed by atoms with van der Waals surface area (Å²) >= 11 is 0. The molecule has 0 radical (unpaired) electrons. The fourth-order valence-electron chi connectivity index (χ4n) is 12.2. The first kappa shape index (κ1) is 39.3. The van der Waals surface area contributed by atoms with Gasteiger partial charge in [-0.05, 0) is 163 Å². The van der Waals surface area contributed by atoms with Gasteiger partial charge in [0.2, 0.25) is 0 Å². The van der Waals surface area contributed by atoms with Gasteiger partial charge in [-0.3, -0.25) is 0 Å². The number of hydrogen-bond acceptors (Lipinski definition) is 0. The number of fused-ring (bicyclic) bond motifs is 12. The van der Waals surface area contributed by atoms with Crippen LogP contribution in [0, 0.1) is 0 Å². The van der Waals surface area contributed by atoms with E-state index in [1.165, 1.54) is 133 Å². The first-order valence-corrected chi connectivity index (χ1v) is 24.1. The van der Waals surface area contributed by atoms with Crippen molar-refractivity contribution in [2.75, 3.05) is 0 Å². The van der Waals surface area contributed by atoms with E-state index in [1.54, 1.807) is 0 Å². The molecule has 0 N–H and O–H groups in total. The molecule has 0 fully saturated rings. The maximum Gasteiger partial charge on any atom is 0.0725 e. The summed E-state index contributed by atoms with van der Waals surface area (Å²) in [6, 6.07) is 99.6. The lowest BCUT2D eigenvalue weighted by Gasteiger charge is -2.31. The van der Waals surface area contributed by atoms with Crippen LogP contribution in [0.2, 0.25) is 0 Å². The summed E-state index contributed by atoms with van der Waals surface area (Å²) in [4.78, 5) is 0. The zero-order valence-corrected chi connectivity index (χ0v) is 37.9. The van der Waals surface area contributed by atoms with Gasteiger partial charge < -0.3 is 0 Å². The fraction of sp³-hybridized carbons (Fsp3) is 0.0145. The van der Waals surface area contributed by atoms with Gasteiger partial charge >= 0.3 is 0 Å². The summed E-state index contributed by atoms with van der Waals surface area (Å²) < 4.78 is 0. The van der Waals surface area contributed by atoms with Crippen LogP contribution < -0.4 is 0 Å². The first-order valence-electron chi connectivity index (χ1n) is 24.1. The van der Waals surface area contributed by atoms with Gasteiger partial charge in [-0.2, -0.15) is 0 Å². The lowest BCUT2D eigenvalue weighted by atomic mass is 9.70.